The van der Waals surface area contributed by atoms with Gasteiger partial charge in [-0.25, -0.2) is 0 Å². The third kappa shape index (κ3) is 51.3. The Labute approximate surface area is 429 Å². The van der Waals surface area contributed by atoms with Crippen LogP contribution >= 0.6 is 58.0 Å². The lowest BCUT2D eigenvalue weighted by atomic mass is 10.3. The lowest BCUT2D eigenvalue weighted by Gasteiger charge is -2.24. The van der Waals surface area contributed by atoms with Crippen LogP contribution in [0.15, 0.2) is 0 Å². The van der Waals surface area contributed by atoms with Crippen molar-refractivity contribution < 1.29 is 46.2 Å². The average Bonchev–Trinajstić information content (AvgIpc) is 4.10. The molecule has 0 aliphatic carbocycles. The summed E-state index contributed by atoms with van der Waals surface area (Å²) < 4.78 is 2.67. The predicted molar refractivity (Wildman–Crippen MR) is 276 cm³/mol. The summed E-state index contributed by atoms with van der Waals surface area (Å²) in [4.78, 5) is 7.19. The molecule has 0 bridgehead atoms. The highest BCUT2D eigenvalue weighted by Gasteiger charge is 2.44. The first-order valence-electron chi connectivity index (χ1n) is 23.3. The number of halogens is 8. The Bertz CT molecular complexity index is 684. The summed E-state index contributed by atoms with van der Waals surface area (Å²) in [5.41, 5.74) is 0. The molecule has 0 aromatic rings. The summed E-state index contributed by atoms with van der Waals surface area (Å²) in [7, 11) is 0. The maximum absolute atomic E-state index is 5.65. The highest BCUT2D eigenvalue weighted by atomic mass is 35.5. The first-order valence-corrected chi connectivity index (χ1v) is 26.0. The van der Waals surface area contributed by atoms with Crippen molar-refractivity contribution in [2.24, 2.45) is 0 Å². The van der Waals surface area contributed by atoms with Gasteiger partial charge in [0.2, 0.25) is 0 Å². The van der Waals surface area contributed by atoms with Crippen LogP contribution in [0, 0.1) is 0 Å². The van der Waals surface area contributed by atoms with Gasteiger partial charge in [-0.05, 0) is 115 Å². The quantitative estimate of drug-likeness (QED) is 0.0898. The molecule has 0 amide bonds. The average molecular weight is 1040 g/mol. The number of quaternary nitrogens is 2. The van der Waals surface area contributed by atoms with E-state index in [0.717, 1.165) is 56.1 Å². The number of hydrogen-bond donors (Lipinski definition) is 1. The van der Waals surface area contributed by atoms with Crippen LogP contribution in [0.2, 0.25) is 0 Å². The second-order valence-electron chi connectivity index (χ2n) is 16.9. The Kier molecular flexibility index (Phi) is 76.9. The van der Waals surface area contributed by atoms with E-state index in [1.54, 1.807) is 0 Å². The predicted octanol–water partition coefficient (Wildman–Crippen LogP) is 4.03. The Morgan fingerprint density at radius 3 is 0.836 bits per heavy atom. The number of rotatable bonds is 24. The van der Waals surface area contributed by atoms with Crippen LogP contribution in [0.5, 0.6) is 0 Å². The van der Waals surface area contributed by atoms with Gasteiger partial charge < -0.3 is 56.4 Å². The molecule has 384 valence electrons. The molecule has 0 spiro atoms. The van der Waals surface area contributed by atoms with Crippen LogP contribution in [-0.2, 0) is 0 Å². The van der Waals surface area contributed by atoms with Crippen LogP contribution in [-0.4, -0.2) is 174 Å². The molecular weight excluding hydrogens is 932 g/mol. The number of alkyl halides is 5. The minimum Gasteiger partial charge on any atom is -1.00 e. The molecule has 2 aliphatic rings. The maximum atomic E-state index is 5.65. The van der Waals surface area contributed by atoms with E-state index in [1.807, 2.05) is 13.8 Å². The van der Waals surface area contributed by atoms with Crippen LogP contribution in [0.3, 0.4) is 0 Å². The molecule has 2 heterocycles. The van der Waals surface area contributed by atoms with Gasteiger partial charge in [0.15, 0.2) is 0 Å². The molecule has 0 aromatic heterocycles. The SMILES string of the molecule is C.CC.CC(C)N(CCCl)CCCl.CC(C)NCCCl.CC(C)[N+]1(CCCl)CC1.CCCN(CCC)C(C)C.CCCN(CCCl)C(C)C.CCC[N+]1(C(C)C)CC1.[Cl-].[Cl-].[Cl-]. The summed E-state index contributed by atoms with van der Waals surface area (Å²) in [6.45, 7) is 55.3. The van der Waals surface area contributed by atoms with E-state index in [0.29, 0.717) is 35.8 Å². The van der Waals surface area contributed by atoms with E-state index in [-0.39, 0.29) is 44.6 Å². The fourth-order valence-corrected chi connectivity index (χ4v) is 7.38. The van der Waals surface area contributed by atoms with Crippen molar-refractivity contribution >= 4 is 58.0 Å². The van der Waals surface area contributed by atoms with Crippen molar-refractivity contribution in [1.82, 2.24) is 20.0 Å². The highest BCUT2D eigenvalue weighted by molar-refractivity contribution is 6.18. The van der Waals surface area contributed by atoms with Gasteiger partial charge in [0, 0.05) is 73.9 Å². The topological polar surface area (TPSA) is 21.8 Å². The molecule has 2 aliphatic heterocycles. The molecule has 0 aromatic carbocycles. The van der Waals surface area contributed by atoms with Gasteiger partial charge in [-0.2, -0.15) is 0 Å². The zero-order chi connectivity index (χ0) is 45.5. The van der Waals surface area contributed by atoms with Gasteiger partial charge in [0.05, 0.1) is 31.1 Å². The molecule has 0 unspecified atom stereocenters. The standard InChI is InChI=1S/C9H21N.C8H18ClN.C8H18N.C7H15Cl2N.C7H15ClN.C5H12ClN.C2H6.CH4.3ClH/c1-5-7-10(8-6-2)9(3)4;1-4-6-10(7-5-9)8(2)3;1-4-5-9(6-7-9)8(2)3;1-7(2)10(5-3-8)6-4-9;1-7(2)9(4-3-8)5-6-9;1-5(2)7-4-3-6;1-2;;;;/h9H,5-8H2,1-4H3;8H,4-7H2,1-3H3;8H,4-7H2,1-3H3;7H,3-6H2,1-2H3;7H,3-6H2,1-2H3;5,7H,3-4H2,1-2H3;1-2H3;1H4;3*1H/q;;+1;;+1;;;;;;/p-3. The number of nitrogens with zero attached hydrogens (tertiary/aromatic N) is 5. The van der Waals surface area contributed by atoms with Crippen LogP contribution < -0.4 is 42.5 Å². The minimum absolute atomic E-state index is 0. The largest absolute Gasteiger partial charge is 1.00 e. The van der Waals surface area contributed by atoms with Gasteiger partial charge in [0.25, 0.3) is 0 Å². The van der Waals surface area contributed by atoms with E-state index in [1.165, 1.54) is 93.6 Å². The zero-order valence-corrected chi connectivity index (χ0v) is 48.8. The van der Waals surface area contributed by atoms with Crippen molar-refractivity contribution in [3.05, 3.63) is 0 Å². The summed E-state index contributed by atoms with van der Waals surface area (Å²) in [5.74, 6) is 3.65. The molecule has 2 rings (SSSR count). The Morgan fingerprint density at radius 1 is 0.426 bits per heavy atom. The molecule has 2 fully saturated rings. The highest BCUT2D eigenvalue weighted by Crippen LogP contribution is 2.26. The van der Waals surface area contributed by atoms with Crippen molar-refractivity contribution in [3.63, 3.8) is 0 Å². The maximum Gasteiger partial charge on any atom is 0.129 e. The molecule has 6 nitrogen and oxygen atoms in total. The molecule has 0 saturated carbocycles. The van der Waals surface area contributed by atoms with Gasteiger partial charge >= 0.3 is 0 Å². The van der Waals surface area contributed by atoms with Crippen molar-refractivity contribution in [1.29, 1.82) is 0 Å². The lowest BCUT2D eigenvalue weighted by Crippen LogP contribution is -3.00. The van der Waals surface area contributed by atoms with Crippen molar-refractivity contribution in [2.45, 2.75) is 194 Å². The fourth-order valence-electron chi connectivity index (χ4n) is 6.28. The Balaban J connectivity index is -0.0000000746. The van der Waals surface area contributed by atoms with E-state index in [9.17, 15) is 0 Å². The van der Waals surface area contributed by atoms with Crippen LogP contribution in [0.1, 0.15) is 158 Å². The fraction of sp³-hybridized carbons (Fsp3) is 1.00. The minimum atomic E-state index is 0. The van der Waals surface area contributed by atoms with Crippen molar-refractivity contribution in [3.8, 4) is 0 Å². The van der Waals surface area contributed by atoms with E-state index in [4.69, 9.17) is 58.0 Å². The smallest absolute Gasteiger partial charge is 0.129 e. The second-order valence-corrected chi connectivity index (χ2v) is 18.8. The molecular formula is C47H109Cl8N6-. The molecule has 0 radical (unpaired) electrons. The summed E-state index contributed by atoms with van der Waals surface area (Å²) in [6.07, 6.45) is 5.11. The molecule has 0 atom stereocenters. The van der Waals surface area contributed by atoms with Crippen LogP contribution in [0.4, 0.5) is 0 Å². The number of hydrogen-bond acceptors (Lipinski definition) is 4. The van der Waals surface area contributed by atoms with Gasteiger partial charge in [-0.15, -0.1) is 58.0 Å². The molecule has 1 N–H and O–H groups in total. The third-order valence-corrected chi connectivity index (χ3v) is 11.3. The third-order valence-electron chi connectivity index (χ3n) is 10.5. The van der Waals surface area contributed by atoms with E-state index < -0.39 is 0 Å². The van der Waals surface area contributed by atoms with E-state index >= 15 is 0 Å². The Morgan fingerprint density at radius 2 is 0.705 bits per heavy atom. The molecule has 2 saturated heterocycles. The first-order chi connectivity index (χ1) is 26.8. The normalized spacial score (nSPS) is 13.6. The number of nitrogens with one attached hydrogen (secondary N) is 1. The lowest BCUT2D eigenvalue weighted by molar-refractivity contribution is -0.823. The van der Waals surface area contributed by atoms with Crippen molar-refractivity contribution in [2.75, 3.05) is 114 Å². The molecule has 14 heteroatoms. The van der Waals surface area contributed by atoms with E-state index in [2.05, 4.69) is 131 Å². The second kappa shape index (κ2) is 56.4. The summed E-state index contributed by atoms with van der Waals surface area (Å²) in [6, 6.07) is 4.13. The summed E-state index contributed by atoms with van der Waals surface area (Å²) in [5, 5.41) is 3.16. The molecule has 61 heavy (non-hydrogen) atoms. The monoisotopic (exact) mass is 1040 g/mol. The van der Waals surface area contributed by atoms with Gasteiger partial charge in [-0.3, -0.25) is 9.80 Å². The Hall–Kier alpha value is 2.08. The first kappa shape index (κ1) is 83.1. The zero-order valence-electron chi connectivity index (χ0n) is 42.8. The summed E-state index contributed by atoms with van der Waals surface area (Å²) >= 11 is 27.9. The van der Waals surface area contributed by atoms with Gasteiger partial charge in [-0.1, -0.05) is 62.8 Å². The van der Waals surface area contributed by atoms with Crippen LogP contribution in [0.25, 0.3) is 0 Å². The van der Waals surface area contributed by atoms with Gasteiger partial charge in [0.1, 0.15) is 26.2 Å².